The SMILES string of the molecule is CCN1CCN(CC#CCOC2CCN(C3CC(=O)N(C)C(=O)N3C)CC2)CC1. The van der Waals surface area contributed by atoms with Gasteiger partial charge in [0.2, 0.25) is 5.91 Å². The van der Waals surface area contributed by atoms with E-state index < -0.39 is 0 Å². The molecule has 0 radical (unpaired) electrons. The summed E-state index contributed by atoms with van der Waals surface area (Å²) in [5.41, 5.74) is 0. The number of hydrogen-bond acceptors (Lipinski definition) is 6. The minimum Gasteiger partial charge on any atom is -0.365 e. The highest BCUT2D eigenvalue weighted by atomic mass is 16.5. The first-order chi connectivity index (χ1) is 14.0. The van der Waals surface area contributed by atoms with Crippen molar-refractivity contribution in [1.29, 1.82) is 0 Å². The molecule has 8 heteroatoms. The zero-order valence-corrected chi connectivity index (χ0v) is 18.1. The van der Waals surface area contributed by atoms with Crippen LogP contribution in [0.1, 0.15) is 26.2 Å². The highest BCUT2D eigenvalue weighted by Gasteiger charge is 2.38. The number of likely N-dealkylation sites (tertiary alicyclic amines) is 1. The highest BCUT2D eigenvalue weighted by molar-refractivity contribution is 5.96. The van der Waals surface area contributed by atoms with Crippen LogP contribution in [0.2, 0.25) is 0 Å². The van der Waals surface area contributed by atoms with Crippen LogP contribution in [0.15, 0.2) is 0 Å². The minimum atomic E-state index is -0.226. The number of imide groups is 1. The van der Waals surface area contributed by atoms with Crippen molar-refractivity contribution in [3.63, 3.8) is 0 Å². The van der Waals surface area contributed by atoms with Crippen molar-refractivity contribution >= 4 is 11.9 Å². The van der Waals surface area contributed by atoms with Crippen LogP contribution in [0.5, 0.6) is 0 Å². The third-order valence-electron chi connectivity index (χ3n) is 6.40. The van der Waals surface area contributed by atoms with E-state index in [1.54, 1.807) is 19.0 Å². The van der Waals surface area contributed by atoms with Gasteiger partial charge in [-0.3, -0.25) is 19.5 Å². The molecule has 3 aliphatic heterocycles. The van der Waals surface area contributed by atoms with E-state index in [4.69, 9.17) is 4.74 Å². The van der Waals surface area contributed by atoms with Crippen LogP contribution in [0.3, 0.4) is 0 Å². The van der Waals surface area contributed by atoms with Gasteiger partial charge >= 0.3 is 6.03 Å². The number of urea groups is 1. The summed E-state index contributed by atoms with van der Waals surface area (Å²) < 4.78 is 5.95. The van der Waals surface area contributed by atoms with Gasteiger partial charge in [0, 0.05) is 53.4 Å². The number of nitrogens with zero attached hydrogens (tertiary/aromatic N) is 5. The van der Waals surface area contributed by atoms with Crippen molar-refractivity contribution in [1.82, 2.24) is 24.5 Å². The summed E-state index contributed by atoms with van der Waals surface area (Å²) in [6.07, 6.45) is 2.24. The van der Waals surface area contributed by atoms with Crippen molar-refractivity contribution in [2.45, 2.75) is 38.5 Å². The Kier molecular flexibility index (Phi) is 7.90. The molecule has 8 nitrogen and oxygen atoms in total. The zero-order valence-electron chi connectivity index (χ0n) is 18.1. The van der Waals surface area contributed by atoms with E-state index in [0.717, 1.165) is 65.2 Å². The molecule has 0 spiro atoms. The summed E-state index contributed by atoms with van der Waals surface area (Å²) >= 11 is 0. The van der Waals surface area contributed by atoms with Crippen molar-refractivity contribution in [3.05, 3.63) is 0 Å². The Labute approximate surface area is 174 Å². The quantitative estimate of drug-likeness (QED) is 0.615. The van der Waals surface area contributed by atoms with Gasteiger partial charge in [0.1, 0.15) is 6.61 Å². The summed E-state index contributed by atoms with van der Waals surface area (Å²) in [7, 11) is 3.32. The molecule has 3 amide bonds. The summed E-state index contributed by atoms with van der Waals surface area (Å²) in [6.45, 7) is 10.8. The summed E-state index contributed by atoms with van der Waals surface area (Å²) in [4.78, 5) is 34.2. The van der Waals surface area contributed by atoms with Crippen LogP contribution in [-0.2, 0) is 9.53 Å². The van der Waals surface area contributed by atoms with Gasteiger partial charge in [-0.2, -0.15) is 0 Å². The molecule has 0 aromatic heterocycles. The fourth-order valence-corrected chi connectivity index (χ4v) is 4.26. The lowest BCUT2D eigenvalue weighted by Crippen LogP contribution is -2.61. The summed E-state index contributed by atoms with van der Waals surface area (Å²) in [5, 5.41) is 0. The predicted octanol–water partition coefficient (Wildman–Crippen LogP) is 0.348. The van der Waals surface area contributed by atoms with Gasteiger partial charge in [-0.15, -0.1) is 0 Å². The molecule has 3 saturated heterocycles. The number of hydrogen-bond donors (Lipinski definition) is 0. The van der Waals surface area contributed by atoms with Gasteiger partial charge in [0.25, 0.3) is 0 Å². The van der Waals surface area contributed by atoms with Crippen molar-refractivity contribution < 1.29 is 14.3 Å². The van der Waals surface area contributed by atoms with Crippen LogP contribution >= 0.6 is 0 Å². The Morgan fingerprint density at radius 2 is 1.62 bits per heavy atom. The molecule has 0 aliphatic carbocycles. The molecule has 0 N–H and O–H groups in total. The monoisotopic (exact) mass is 405 g/mol. The first-order valence-electron chi connectivity index (χ1n) is 10.8. The number of ether oxygens (including phenoxy) is 1. The normalized spacial score (nSPS) is 26.0. The largest absolute Gasteiger partial charge is 0.365 e. The molecule has 1 atom stereocenters. The predicted molar refractivity (Wildman–Crippen MR) is 111 cm³/mol. The van der Waals surface area contributed by atoms with Gasteiger partial charge in [0.05, 0.1) is 25.2 Å². The van der Waals surface area contributed by atoms with Crippen LogP contribution in [0, 0.1) is 11.8 Å². The van der Waals surface area contributed by atoms with Gasteiger partial charge in [-0.05, 0) is 19.4 Å². The molecule has 29 heavy (non-hydrogen) atoms. The second kappa shape index (κ2) is 10.4. The van der Waals surface area contributed by atoms with Crippen LogP contribution in [0.25, 0.3) is 0 Å². The zero-order chi connectivity index (χ0) is 20.8. The second-order valence-corrected chi connectivity index (χ2v) is 8.14. The number of carbonyl (C=O) groups excluding carboxylic acids is 2. The standard InChI is InChI=1S/C21H35N5O3/c1-4-24-12-14-25(15-13-24)9-5-6-16-29-18-7-10-26(11-8-18)19-17-20(27)23(3)21(28)22(19)2/h18-19H,4,7-17H2,1-3H3. The smallest absolute Gasteiger partial charge is 0.327 e. The second-order valence-electron chi connectivity index (χ2n) is 8.14. The maximum Gasteiger partial charge on any atom is 0.327 e. The molecule has 0 aromatic carbocycles. The maximum atomic E-state index is 12.2. The van der Waals surface area contributed by atoms with Gasteiger partial charge in [0.15, 0.2) is 0 Å². The van der Waals surface area contributed by atoms with E-state index in [0.29, 0.717) is 13.0 Å². The Hall–Kier alpha value is -1.66. The number of piperidine rings is 1. The summed E-state index contributed by atoms with van der Waals surface area (Å²) in [6, 6.07) is -0.226. The molecular formula is C21H35N5O3. The lowest BCUT2D eigenvalue weighted by atomic mass is 10.1. The lowest BCUT2D eigenvalue weighted by molar-refractivity contribution is -0.134. The van der Waals surface area contributed by atoms with Gasteiger partial charge < -0.3 is 14.5 Å². The molecule has 3 rings (SSSR count). The number of likely N-dealkylation sites (N-methyl/N-ethyl adjacent to an activating group) is 1. The molecule has 162 valence electrons. The summed E-state index contributed by atoms with van der Waals surface area (Å²) in [5.74, 6) is 6.29. The Morgan fingerprint density at radius 1 is 0.966 bits per heavy atom. The van der Waals surface area contributed by atoms with Crippen LogP contribution in [0.4, 0.5) is 4.79 Å². The first-order valence-corrected chi connectivity index (χ1v) is 10.8. The Morgan fingerprint density at radius 3 is 2.28 bits per heavy atom. The minimum absolute atomic E-state index is 0.108. The molecule has 0 saturated carbocycles. The fraction of sp³-hybridized carbons (Fsp3) is 0.810. The topological polar surface area (TPSA) is 59.6 Å². The van der Waals surface area contributed by atoms with Crippen molar-refractivity contribution in [2.75, 3.05) is 73.1 Å². The molecule has 1 unspecified atom stereocenters. The number of rotatable bonds is 5. The van der Waals surface area contributed by atoms with E-state index in [9.17, 15) is 9.59 Å². The van der Waals surface area contributed by atoms with Gasteiger partial charge in [-0.1, -0.05) is 18.8 Å². The molecule has 0 aromatic rings. The van der Waals surface area contributed by atoms with E-state index in [1.807, 2.05) is 0 Å². The molecule has 0 bridgehead atoms. The average molecular weight is 406 g/mol. The third-order valence-corrected chi connectivity index (χ3v) is 6.40. The maximum absolute atomic E-state index is 12.2. The number of piperazine rings is 1. The molecular weight excluding hydrogens is 370 g/mol. The molecule has 3 heterocycles. The number of carbonyl (C=O) groups is 2. The lowest BCUT2D eigenvalue weighted by Gasteiger charge is -2.44. The average Bonchev–Trinajstić information content (AvgIpc) is 2.75. The van der Waals surface area contributed by atoms with Crippen LogP contribution < -0.4 is 0 Å². The highest BCUT2D eigenvalue weighted by Crippen LogP contribution is 2.23. The van der Waals surface area contributed by atoms with Gasteiger partial charge in [-0.25, -0.2) is 4.79 Å². The van der Waals surface area contributed by atoms with E-state index in [2.05, 4.69) is 33.5 Å². The molecule has 3 fully saturated rings. The number of amides is 3. The van der Waals surface area contributed by atoms with Crippen LogP contribution in [-0.4, -0.2) is 122 Å². The van der Waals surface area contributed by atoms with Crippen molar-refractivity contribution in [2.24, 2.45) is 0 Å². The fourth-order valence-electron chi connectivity index (χ4n) is 4.26. The Bertz CT molecular complexity index is 630. The Balaban J connectivity index is 1.34. The van der Waals surface area contributed by atoms with E-state index in [-0.39, 0.29) is 24.2 Å². The van der Waals surface area contributed by atoms with Crippen molar-refractivity contribution in [3.8, 4) is 11.8 Å². The molecule has 3 aliphatic rings. The van der Waals surface area contributed by atoms with E-state index >= 15 is 0 Å². The van der Waals surface area contributed by atoms with E-state index in [1.165, 1.54) is 4.90 Å². The third kappa shape index (κ3) is 5.70. The first kappa shape index (κ1) is 22.0.